The lowest BCUT2D eigenvalue weighted by atomic mass is 10.1. The molecule has 2 rings (SSSR count). The Bertz CT molecular complexity index is 556. The molecule has 1 heterocycles. The number of fused-ring (bicyclic) bond motifs is 1. The predicted octanol–water partition coefficient (Wildman–Crippen LogP) is 1.17. The highest BCUT2D eigenvalue weighted by Gasteiger charge is 2.34. The molecule has 0 atom stereocenters. The second kappa shape index (κ2) is 8.69. The number of hydrogen-bond acceptors (Lipinski definition) is 5. The van der Waals surface area contributed by atoms with E-state index in [4.69, 9.17) is 4.74 Å². The molecule has 124 valence electrons. The highest BCUT2D eigenvalue weighted by atomic mass is 32.2. The standard InChI is InChI=1S/C16H20N2O4S/c1-22-9-4-7-17-14(19)11-23-10-8-18-15(20)12-5-2-3-6-13(12)16(18)21/h2-3,5-6H,4,7-11H2,1H3,(H,17,19). The lowest BCUT2D eigenvalue weighted by Gasteiger charge is -2.13. The number of rotatable bonds is 9. The number of imide groups is 1. The van der Waals surface area contributed by atoms with Crippen molar-refractivity contribution in [3.8, 4) is 0 Å². The maximum absolute atomic E-state index is 12.1. The van der Waals surface area contributed by atoms with Crippen molar-refractivity contribution in [2.45, 2.75) is 6.42 Å². The van der Waals surface area contributed by atoms with Crippen molar-refractivity contribution in [2.24, 2.45) is 0 Å². The molecule has 6 nitrogen and oxygen atoms in total. The van der Waals surface area contributed by atoms with Crippen molar-refractivity contribution in [1.29, 1.82) is 0 Å². The summed E-state index contributed by atoms with van der Waals surface area (Å²) in [6.45, 7) is 1.52. The smallest absolute Gasteiger partial charge is 0.261 e. The number of carbonyl (C=O) groups is 3. The average Bonchev–Trinajstić information content (AvgIpc) is 2.80. The number of thioether (sulfide) groups is 1. The summed E-state index contributed by atoms with van der Waals surface area (Å²) in [6, 6.07) is 6.82. The fraction of sp³-hybridized carbons (Fsp3) is 0.438. The zero-order chi connectivity index (χ0) is 16.7. The maximum Gasteiger partial charge on any atom is 0.261 e. The first kappa shape index (κ1) is 17.5. The molecule has 0 aromatic heterocycles. The molecule has 1 N–H and O–H groups in total. The minimum absolute atomic E-state index is 0.0477. The van der Waals surface area contributed by atoms with Crippen LogP contribution in [-0.2, 0) is 9.53 Å². The first-order chi connectivity index (χ1) is 11.1. The summed E-state index contributed by atoms with van der Waals surface area (Å²) < 4.78 is 4.90. The van der Waals surface area contributed by atoms with Crippen LogP contribution in [0.25, 0.3) is 0 Å². The van der Waals surface area contributed by atoms with Crippen molar-refractivity contribution in [2.75, 3.05) is 38.3 Å². The third-order valence-corrected chi connectivity index (χ3v) is 4.36. The van der Waals surface area contributed by atoms with Gasteiger partial charge in [0.15, 0.2) is 0 Å². The summed E-state index contributed by atoms with van der Waals surface area (Å²) in [5.41, 5.74) is 0.914. The van der Waals surface area contributed by atoms with Crippen molar-refractivity contribution in [1.82, 2.24) is 10.2 Å². The Labute approximate surface area is 139 Å². The first-order valence-corrected chi connectivity index (χ1v) is 8.59. The third kappa shape index (κ3) is 4.56. The summed E-state index contributed by atoms with van der Waals surface area (Å²) in [5, 5.41) is 2.79. The zero-order valence-corrected chi connectivity index (χ0v) is 13.9. The largest absolute Gasteiger partial charge is 0.385 e. The lowest BCUT2D eigenvalue weighted by molar-refractivity contribution is -0.118. The quantitative estimate of drug-likeness (QED) is 0.541. The minimum atomic E-state index is -0.254. The van der Waals surface area contributed by atoms with Gasteiger partial charge in [-0.15, -0.1) is 0 Å². The minimum Gasteiger partial charge on any atom is -0.385 e. The van der Waals surface area contributed by atoms with Crippen molar-refractivity contribution in [3.05, 3.63) is 35.4 Å². The van der Waals surface area contributed by atoms with Crippen LogP contribution in [0.2, 0.25) is 0 Å². The Morgan fingerprint density at radius 3 is 2.48 bits per heavy atom. The molecule has 0 saturated heterocycles. The SMILES string of the molecule is COCCCNC(=O)CSCCN1C(=O)c2ccccc2C1=O. The molecule has 0 unspecified atom stereocenters. The first-order valence-electron chi connectivity index (χ1n) is 7.43. The van der Waals surface area contributed by atoms with Crippen molar-refractivity contribution < 1.29 is 19.1 Å². The molecule has 1 aliphatic heterocycles. The Morgan fingerprint density at radius 2 is 1.87 bits per heavy atom. The highest BCUT2D eigenvalue weighted by Crippen LogP contribution is 2.22. The Morgan fingerprint density at radius 1 is 1.22 bits per heavy atom. The van der Waals surface area contributed by atoms with E-state index < -0.39 is 0 Å². The topological polar surface area (TPSA) is 75.7 Å². The van der Waals surface area contributed by atoms with Gasteiger partial charge in [-0.05, 0) is 18.6 Å². The molecular weight excluding hydrogens is 316 g/mol. The molecule has 0 aliphatic carbocycles. The van der Waals surface area contributed by atoms with Gasteiger partial charge in [0.25, 0.3) is 11.8 Å². The van der Waals surface area contributed by atoms with E-state index in [2.05, 4.69) is 5.32 Å². The molecule has 0 bridgehead atoms. The number of carbonyl (C=O) groups excluding carboxylic acids is 3. The molecule has 1 aromatic carbocycles. The van der Waals surface area contributed by atoms with Gasteiger partial charge >= 0.3 is 0 Å². The molecule has 1 aliphatic rings. The van der Waals surface area contributed by atoms with Gasteiger partial charge in [0.2, 0.25) is 5.91 Å². The van der Waals surface area contributed by atoms with Crippen LogP contribution in [0, 0.1) is 0 Å². The van der Waals surface area contributed by atoms with E-state index >= 15 is 0 Å². The summed E-state index contributed by atoms with van der Waals surface area (Å²) >= 11 is 1.41. The molecule has 3 amide bonds. The van der Waals surface area contributed by atoms with Crippen LogP contribution in [0.4, 0.5) is 0 Å². The fourth-order valence-corrected chi connectivity index (χ4v) is 3.00. The number of benzene rings is 1. The van der Waals surface area contributed by atoms with Crippen LogP contribution >= 0.6 is 11.8 Å². The number of nitrogens with one attached hydrogen (secondary N) is 1. The van der Waals surface area contributed by atoms with Gasteiger partial charge in [-0.3, -0.25) is 19.3 Å². The molecule has 0 spiro atoms. The second-order valence-corrected chi connectivity index (χ2v) is 6.16. The number of ether oxygens (including phenoxy) is 1. The third-order valence-electron chi connectivity index (χ3n) is 3.42. The van der Waals surface area contributed by atoms with E-state index in [1.54, 1.807) is 31.4 Å². The average molecular weight is 336 g/mol. The van der Waals surface area contributed by atoms with E-state index in [0.717, 1.165) is 6.42 Å². The van der Waals surface area contributed by atoms with E-state index in [1.807, 2.05) is 0 Å². The molecule has 7 heteroatoms. The molecular formula is C16H20N2O4S. The number of methoxy groups -OCH3 is 1. The molecule has 23 heavy (non-hydrogen) atoms. The van der Waals surface area contributed by atoms with Crippen LogP contribution in [0.15, 0.2) is 24.3 Å². The van der Waals surface area contributed by atoms with Crippen LogP contribution in [-0.4, -0.2) is 60.9 Å². The van der Waals surface area contributed by atoms with Gasteiger partial charge in [-0.2, -0.15) is 11.8 Å². The summed E-state index contributed by atoms with van der Waals surface area (Å²) in [7, 11) is 1.62. The Kier molecular flexibility index (Phi) is 6.61. The summed E-state index contributed by atoms with van der Waals surface area (Å²) in [6.07, 6.45) is 0.780. The molecule has 0 fully saturated rings. The van der Waals surface area contributed by atoms with E-state index in [1.165, 1.54) is 16.7 Å². The maximum atomic E-state index is 12.1. The Hall–Kier alpha value is -1.86. The van der Waals surface area contributed by atoms with Gasteiger partial charge < -0.3 is 10.1 Å². The zero-order valence-electron chi connectivity index (χ0n) is 13.0. The normalized spacial score (nSPS) is 13.3. The number of nitrogens with zero attached hydrogens (tertiary/aromatic N) is 1. The number of hydrogen-bond donors (Lipinski definition) is 1. The van der Waals surface area contributed by atoms with Crippen LogP contribution < -0.4 is 5.32 Å². The predicted molar refractivity (Wildman–Crippen MR) is 88.6 cm³/mol. The van der Waals surface area contributed by atoms with E-state index in [9.17, 15) is 14.4 Å². The van der Waals surface area contributed by atoms with Crippen molar-refractivity contribution in [3.63, 3.8) is 0 Å². The van der Waals surface area contributed by atoms with Gasteiger partial charge in [0.1, 0.15) is 0 Å². The highest BCUT2D eigenvalue weighted by molar-refractivity contribution is 7.99. The van der Waals surface area contributed by atoms with Crippen LogP contribution in [0.1, 0.15) is 27.1 Å². The van der Waals surface area contributed by atoms with E-state index in [-0.39, 0.29) is 17.7 Å². The molecule has 0 saturated carbocycles. The van der Waals surface area contributed by atoms with Crippen LogP contribution in [0.3, 0.4) is 0 Å². The number of amides is 3. The van der Waals surface area contributed by atoms with Gasteiger partial charge in [0.05, 0.1) is 16.9 Å². The lowest BCUT2D eigenvalue weighted by Crippen LogP contribution is -2.32. The fourth-order valence-electron chi connectivity index (χ4n) is 2.26. The van der Waals surface area contributed by atoms with Crippen LogP contribution in [0.5, 0.6) is 0 Å². The van der Waals surface area contributed by atoms with E-state index in [0.29, 0.717) is 42.3 Å². The van der Waals surface area contributed by atoms with Gasteiger partial charge in [0, 0.05) is 32.6 Å². The Balaban J connectivity index is 1.69. The van der Waals surface area contributed by atoms with Gasteiger partial charge in [-0.25, -0.2) is 0 Å². The molecule has 0 radical (unpaired) electrons. The molecule has 1 aromatic rings. The van der Waals surface area contributed by atoms with Crippen molar-refractivity contribution >= 4 is 29.5 Å². The second-order valence-electron chi connectivity index (χ2n) is 5.06. The monoisotopic (exact) mass is 336 g/mol. The summed E-state index contributed by atoms with van der Waals surface area (Å²) in [5.74, 6) is 0.298. The summed E-state index contributed by atoms with van der Waals surface area (Å²) in [4.78, 5) is 37.1. The van der Waals surface area contributed by atoms with Gasteiger partial charge in [-0.1, -0.05) is 12.1 Å².